The molecule has 0 N–H and O–H groups in total. The highest BCUT2D eigenvalue weighted by Crippen LogP contribution is 2.33. The Morgan fingerprint density at radius 3 is 1.91 bits per heavy atom. The first kappa shape index (κ1) is 27.5. The van der Waals surface area contributed by atoms with Crippen molar-refractivity contribution in [3.8, 4) is 0 Å². The molecule has 0 spiro atoms. The van der Waals surface area contributed by atoms with Gasteiger partial charge in [0.1, 0.15) is 0 Å². The second-order valence-electron chi connectivity index (χ2n) is 11.3. The van der Waals surface area contributed by atoms with E-state index in [4.69, 9.17) is 0 Å². The van der Waals surface area contributed by atoms with Crippen molar-refractivity contribution in [2.45, 2.75) is 106 Å². The molecule has 4 unspecified atom stereocenters. The summed E-state index contributed by atoms with van der Waals surface area (Å²) in [7, 11) is 0. The molecule has 0 bridgehead atoms. The molecule has 0 radical (unpaired) electrons. The Labute approximate surface area is 203 Å². The van der Waals surface area contributed by atoms with Crippen LogP contribution in [-0.4, -0.2) is 11.6 Å². The highest BCUT2D eigenvalue weighted by Gasteiger charge is 2.37. The maximum atomic E-state index is 12.9. The van der Waals surface area contributed by atoms with Crippen molar-refractivity contribution in [2.75, 3.05) is 0 Å². The molecule has 2 heteroatoms. The first-order chi connectivity index (χ1) is 15.7. The van der Waals surface area contributed by atoms with E-state index in [9.17, 15) is 9.59 Å². The van der Waals surface area contributed by atoms with E-state index in [1.165, 1.54) is 56.9 Å². The standard InChI is InChI=1S/C31H48O2/c1-22(2)12-9-13-23(3)14-10-15-24(4)16-11-17-25(5)20-21-27-26(6)30(32)28-18-7-8-19-29(28)31(27)33/h7-8,18-20,22-24,26-27H,9-17,21H2,1-6H3/b25-20+. The number of benzene rings is 1. The zero-order valence-corrected chi connectivity index (χ0v) is 22.2. The van der Waals surface area contributed by atoms with Gasteiger partial charge in [-0.3, -0.25) is 9.59 Å². The van der Waals surface area contributed by atoms with E-state index in [1.54, 1.807) is 12.1 Å². The van der Waals surface area contributed by atoms with Gasteiger partial charge in [0.25, 0.3) is 0 Å². The Morgan fingerprint density at radius 2 is 1.33 bits per heavy atom. The molecule has 0 heterocycles. The lowest BCUT2D eigenvalue weighted by Gasteiger charge is -2.27. The van der Waals surface area contributed by atoms with Gasteiger partial charge in [-0.05, 0) is 43.9 Å². The Kier molecular flexibility index (Phi) is 11.6. The molecule has 2 nitrogen and oxygen atoms in total. The van der Waals surface area contributed by atoms with Crippen LogP contribution in [0.25, 0.3) is 0 Å². The van der Waals surface area contributed by atoms with Crippen LogP contribution in [0.15, 0.2) is 35.9 Å². The minimum atomic E-state index is -0.232. The topological polar surface area (TPSA) is 34.1 Å². The third-order valence-electron chi connectivity index (χ3n) is 7.67. The molecule has 0 saturated carbocycles. The Balaban J connectivity index is 1.68. The Hall–Kier alpha value is -1.70. The molecule has 33 heavy (non-hydrogen) atoms. The fourth-order valence-electron chi connectivity index (χ4n) is 5.22. The van der Waals surface area contributed by atoms with Gasteiger partial charge >= 0.3 is 0 Å². The molecule has 0 saturated heterocycles. The molecular weight excluding hydrogens is 404 g/mol. The minimum absolute atomic E-state index is 0.115. The van der Waals surface area contributed by atoms with Gasteiger partial charge in [-0.15, -0.1) is 0 Å². The average Bonchev–Trinajstić information content (AvgIpc) is 2.77. The third-order valence-corrected chi connectivity index (χ3v) is 7.67. The summed E-state index contributed by atoms with van der Waals surface area (Å²) in [6, 6.07) is 7.29. The van der Waals surface area contributed by atoms with Crippen molar-refractivity contribution in [1.82, 2.24) is 0 Å². The van der Waals surface area contributed by atoms with Crippen molar-refractivity contribution in [2.24, 2.45) is 29.6 Å². The van der Waals surface area contributed by atoms with Crippen molar-refractivity contribution in [3.05, 3.63) is 47.0 Å². The second kappa shape index (κ2) is 13.9. The van der Waals surface area contributed by atoms with Gasteiger partial charge in [-0.2, -0.15) is 0 Å². The van der Waals surface area contributed by atoms with Gasteiger partial charge in [0.2, 0.25) is 0 Å². The fraction of sp³-hybridized carbons (Fsp3) is 0.677. The van der Waals surface area contributed by atoms with Crippen LogP contribution in [0.1, 0.15) is 126 Å². The smallest absolute Gasteiger partial charge is 0.167 e. The second-order valence-corrected chi connectivity index (χ2v) is 11.3. The monoisotopic (exact) mass is 452 g/mol. The zero-order chi connectivity index (χ0) is 24.4. The highest BCUT2D eigenvalue weighted by atomic mass is 16.1. The molecule has 0 amide bonds. The Morgan fingerprint density at radius 1 is 0.818 bits per heavy atom. The molecule has 0 aromatic heterocycles. The quantitative estimate of drug-likeness (QED) is 0.264. The summed E-state index contributed by atoms with van der Waals surface area (Å²) in [5, 5.41) is 0. The van der Waals surface area contributed by atoms with Crippen LogP contribution < -0.4 is 0 Å². The highest BCUT2D eigenvalue weighted by molar-refractivity contribution is 6.15. The number of fused-ring (bicyclic) bond motifs is 1. The van der Waals surface area contributed by atoms with Crippen LogP contribution in [0.2, 0.25) is 0 Å². The minimum Gasteiger partial charge on any atom is -0.294 e. The summed E-state index contributed by atoms with van der Waals surface area (Å²) in [6.07, 6.45) is 14.7. The number of ketones is 2. The van der Waals surface area contributed by atoms with E-state index >= 15 is 0 Å². The van der Waals surface area contributed by atoms with Crippen molar-refractivity contribution >= 4 is 11.6 Å². The zero-order valence-electron chi connectivity index (χ0n) is 22.2. The number of Topliss-reactive ketones (excluding diaryl/α,β-unsaturated/α-hetero) is 2. The fourth-order valence-corrected chi connectivity index (χ4v) is 5.22. The van der Waals surface area contributed by atoms with Gasteiger partial charge in [-0.25, -0.2) is 0 Å². The summed E-state index contributed by atoms with van der Waals surface area (Å²) in [5.41, 5.74) is 2.57. The normalized spacial score (nSPS) is 20.8. The van der Waals surface area contributed by atoms with Gasteiger partial charge < -0.3 is 0 Å². The van der Waals surface area contributed by atoms with E-state index in [0.717, 1.165) is 24.2 Å². The average molecular weight is 453 g/mol. The summed E-state index contributed by atoms with van der Waals surface area (Å²) in [6.45, 7) is 13.5. The van der Waals surface area contributed by atoms with Crippen LogP contribution in [0.5, 0.6) is 0 Å². The van der Waals surface area contributed by atoms with Crippen LogP contribution >= 0.6 is 0 Å². The maximum absolute atomic E-state index is 12.9. The predicted octanol–water partition coefficient (Wildman–Crippen LogP) is 9.09. The first-order valence-corrected chi connectivity index (χ1v) is 13.5. The SMILES string of the molecule is C/C(=C\CC1C(=O)c2ccccc2C(=O)C1C)CCCC(C)CCCC(C)CCCC(C)C. The van der Waals surface area contributed by atoms with Crippen molar-refractivity contribution in [1.29, 1.82) is 0 Å². The number of allylic oxidation sites excluding steroid dienone is 2. The molecule has 184 valence electrons. The molecule has 1 aromatic carbocycles. The molecule has 1 aliphatic carbocycles. The first-order valence-electron chi connectivity index (χ1n) is 13.5. The number of carbonyl (C=O) groups excluding carboxylic acids is 2. The van der Waals surface area contributed by atoms with Crippen molar-refractivity contribution < 1.29 is 9.59 Å². The van der Waals surface area contributed by atoms with Crippen LogP contribution in [0, 0.1) is 29.6 Å². The molecule has 1 aliphatic rings. The van der Waals surface area contributed by atoms with Gasteiger partial charge in [-0.1, -0.05) is 115 Å². The number of hydrogen-bond donors (Lipinski definition) is 0. The van der Waals surface area contributed by atoms with Crippen molar-refractivity contribution in [3.63, 3.8) is 0 Å². The third kappa shape index (κ3) is 8.87. The van der Waals surface area contributed by atoms with E-state index < -0.39 is 0 Å². The molecular formula is C31H48O2. The molecule has 2 rings (SSSR count). The van der Waals surface area contributed by atoms with E-state index in [-0.39, 0.29) is 23.4 Å². The summed E-state index contributed by atoms with van der Waals surface area (Å²) in [4.78, 5) is 25.6. The molecule has 0 fully saturated rings. The van der Waals surface area contributed by atoms with Crippen LogP contribution in [0.3, 0.4) is 0 Å². The summed E-state index contributed by atoms with van der Waals surface area (Å²) < 4.78 is 0. The lowest BCUT2D eigenvalue weighted by atomic mass is 9.73. The summed E-state index contributed by atoms with van der Waals surface area (Å²) in [5.74, 6) is 2.28. The van der Waals surface area contributed by atoms with Crippen LogP contribution in [0.4, 0.5) is 0 Å². The lowest BCUT2D eigenvalue weighted by Crippen LogP contribution is -2.34. The predicted molar refractivity (Wildman–Crippen MR) is 141 cm³/mol. The van der Waals surface area contributed by atoms with E-state index in [1.807, 2.05) is 19.1 Å². The van der Waals surface area contributed by atoms with Gasteiger partial charge in [0.05, 0.1) is 0 Å². The lowest BCUT2D eigenvalue weighted by molar-refractivity contribution is 0.0750. The summed E-state index contributed by atoms with van der Waals surface area (Å²) >= 11 is 0. The Bertz CT molecular complexity index is 788. The van der Waals surface area contributed by atoms with E-state index in [0.29, 0.717) is 17.5 Å². The molecule has 0 aliphatic heterocycles. The largest absolute Gasteiger partial charge is 0.294 e. The molecule has 4 atom stereocenters. The number of carbonyl (C=O) groups is 2. The number of rotatable bonds is 14. The number of hydrogen-bond acceptors (Lipinski definition) is 2. The van der Waals surface area contributed by atoms with Gasteiger partial charge in [0, 0.05) is 23.0 Å². The van der Waals surface area contributed by atoms with E-state index in [2.05, 4.69) is 40.7 Å². The van der Waals surface area contributed by atoms with Gasteiger partial charge in [0.15, 0.2) is 11.6 Å². The van der Waals surface area contributed by atoms with Crippen LogP contribution in [-0.2, 0) is 0 Å². The molecule has 1 aromatic rings. The maximum Gasteiger partial charge on any atom is 0.167 e.